The summed E-state index contributed by atoms with van der Waals surface area (Å²) in [7, 11) is 0. The molecule has 0 unspecified atom stereocenters. The molecule has 0 spiro atoms. The van der Waals surface area contributed by atoms with Crippen molar-refractivity contribution in [1.82, 2.24) is 0 Å². The van der Waals surface area contributed by atoms with E-state index in [1.807, 2.05) is 0 Å². The Labute approximate surface area is 153 Å². The van der Waals surface area contributed by atoms with Gasteiger partial charge < -0.3 is 4.74 Å². The van der Waals surface area contributed by atoms with E-state index in [4.69, 9.17) is 10.00 Å². The fourth-order valence-electron chi connectivity index (χ4n) is 5.60. The Morgan fingerprint density at radius 1 is 1.28 bits per heavy atom. The maximum atomic E-state index is 8.74. The van der Waals surface area contributed by atoms with Crippen LogP contribution in [0.2, 0.25) is 0 Å². The van der Waals surface area contributed by atoms with Crippen LogP contribution < -0.4 is 0 Å². The fourth-order valence-corrected chi connectivity index (χ4v) is 5.60. The van der Waals surface area contributed by atoms with Gasteiger partial charge in [0.15, 0.2) is 0 Å². The van der Waals surface area contributed by atoms with Crippen LogP contribution in [0, 0.1) is 22.7 Å². The number of hydrogen-bond donors (Lipinski definition) is 0. The molecule has 1 saturated carbocycles. The molecule has 0 aromatic heterocycles. The molecule has 0 saturated heterocycles. The predicted octanol–water partition coefficient (Wildman–Crippen LogP) is 5.75. The third kappa shape index (κ3) is 3.36. The van der Waals surface area contributed by atoms with Gasteiger partial charge in [-0.1, -0.05) is 52.3 Å². The molecule has 0 N–H and O–H groups in total. The first-order valence-electron chi connectivity index (χ1n) is 9.99. The summed E-state index contributed by atoms with van der Waals surface area (Å²) in [6.45, 7) is 10.9. The van der Waals surface area contributed by atoms with Crippen molar-refractivity contribution in [3.8, 4) is 6.07 Å². The van der Waals surface area contributed by atoms with Crippen LogP contribution in [0.3, 0.4) is 0 Å². The van der Waals surface area contributed by atoms with E-state index in [0.717, 1.165) is 6.61 Å². The molecule has 0 bridgehead atoms. The molecule has 3 atom stereocenters. The van der Waals surface area contributed by atoms with Gasteiger partial charge in [-0.15, -0.1) is 0 Å². The number of hydrogen-bond acceptors (Lipinski definition) is 2. The monoisotopic (exact) mass is 339 g/mol. The summed E-state index contributed by atoms with van der Waals surface area (Å²) < 4.78 is 5.93. The maximum absolute atomic E-state index is 8.74. The minimum absolute atomic E-state index is 0.233. The SMILES string of the molecule is CC(C)c1ccc2c(c1)CC[C@@H]1[C@](C)(COCCC#N)CCC[C@]21C. The quantitative estimate of drug-likeness (QED) is 0.640. The summed E-state index contributed by atoms with van der Waals surface area (Å²) in [5.74, 6) is 1.27. The van der Waals surface area contributed by atoms with Crippen LogP contribution in [0.4, 0.5) is 0 Å². The van der Waals surface area contributed by atoms with E-state index in [2.05, 4.69) is 52.0 Å². The van der Waals surface area contributed by atoms with Crippen LogP contribution in [-0.2, 0) is 16.6 Å². The van der Waals surface area contributed by atoms with Crippen LogP contribution in [-0.4, -0.2) is 13.2 Å². The molecule has 0 aliphatic heterocycles. The number of fused-ring (bicyclic) bond motifs is 3. The van der Waals surface area contributed by atoms with Gasteiger partial charge >= 0.3 is 0 Å². The first kappa shape index (κ1) is 18.5. The van der Waals surface area contributed by atoms with Gasteiger partial charge in [-0.3, -0.25) is 0 Å². The van der Waals surface area contributed by atoms with E-state index in [1.165, 1.54) is 37.7 Å². The average molecular weight is 340 g/mol. The molecule has 0 amide bonds. The van der Waals surface area contributed by atoms with Crippen LogP contribution in [0.25, 0.3) is 0 Å². The largest absolute Gasteiger partial charge is 0.380 e. The lowest BCUT2D eigenvalue weighted by atomic mass is 9.50. The summed E-state index contributed by atoms with van der Waals surface area (Å²) >= 11 is 0. The zero-order valence-electron chi connectivity index (χ0n) is 16.4. The Hall–Kier alpha value is -1.33. The van der Waals surface area contributed by atoms with Crippen LogP contribution in [0.15, 0.2) is 18.2 Å². The molecule has 1 fully saturated rings. The normalized spacial score (nSPS) is 31.3. The van der Waals surface area contributed by atoms with Gasteiger partial charge in [-0.25, -0.2) is 0 Å². The lowest BCUT2D eigenvalue weighted by Gasteiger charge is -2.55. The van der Waals surface area contributed by atoms with E-state index in [0.29, 0.717) is 24.9 Å². The highest BCUT2D eigenvalue weighted by Crippen LogP contribution is 2.57. The second-order valence-corrected chi connectivity index (χ2v) is 9.05. The Kier molecular flexibility index (Phi) is 5.26. The van der Waals surface area contributed by atoms with Gasteiger partial charge in [-0.05, 0) is 65.0 Å². The van der Waals surface area contributed by atoms with Crippen molar-refractivity contribution >= 4 is 0 Å². The molecule has 0 heterocycles. The van der Waals surface area contributed by atoms with Crippen LogP contribution in [0.5, 0.6) is 0 Å². The molecule has 136 valence electrons. The Bertz CT molecular complexity index is 659. The molecule has 0 radical (unpaired) electrons. The van der Waals surface area contributed by atoms with E-state index < -0.39 is 0 Å². The van der Waals surface area contributed by atoms with E-state index >= 15 is 0 Å². The number of ether oxygens (including phenoxy) is 1. The Balaban J connectivity index is 1.87. The van der Waals surface area contributed by atoms with Gasteiger partial charge in [0.25, 0.3) is 0 Å². The molecule has 1 aromatic rings. The molecular weight excluding hydrogens is 306 g/mol. The van der Waals surface area contributed by atoms with Gasteiger partial charge in [0, 0.05) is 0 Å². The van der Waals surface area contributed by atoms with E-state index in [-0.39, 0.29) is 10.8 Å². The number of nitrogens with zero attached hydrogens (tertiary/aromatic N) is 1. The average Bonchev–Trinajstić information content (AvgIpc) is 2.58. The van der Waals surface area contributed by atoms with Gasteiger partial charge in [0.2, 0.25) is 0 Å². The van der Waals surface area contributed by atoms with Crippen molar-refractivity contribution in [2.24, 2.45) is 11.3 Å². The zero-order chi connectivity index (χ0) is 18.1. The molecule has 2 aliphatic rings. The molecule has 2 heteroatoms. The fraction of sp³-hybridized carbons (Fsp3) is 0.696. The topological polar surface area (TPSA) is 33.0 Å². The molecule has 2 nitrogen and oxygen atoms in total. The minimum Gasteiger partial charge on any atom is -0.380 e. The van der Waals surface area contributed by atoms with Crippen molar-refractivity contribution in [2.45, 2.75) is 77.6 Å². The smallest absolute Gasteiger partial charge is 0.0645 e. The third-order valence-electron chi connectivity index (χ3n) is 6.96. The highest BCUT2D eigenvalue weighted by Gasteiger charge is 2.51. The minimum atomic E-state index is 0.233. The van der Waals surface area contributed by atoms with Crippen LogP contribution in [0.1, 0.15) is 82.4 Å². The molecule has 2 aliphatic carbocycles. The van der Waals surface area contributed by atoms with Gasteiger partial charge in [0.05, 0.1) is 25.7 Å². The van der Waals surface area contributed by atoms with Gasteiger partial charge in [-0.2, -0.15) is 5.26 Å². The Morgan fingerprint density at radius 2 is 2.08 bits per heavy atom. The van der Waals surface area contributed by atoms with Crippen molar-refractivity contribution in [1.29, 1.82) is 5.26 Å². The predicted molar refractivity (Wildman–Crippen MR) is 103 cm³/mol. The van der Waals surface area contributed by atoms with E-state index in [9.17, 15) is 0 Å². The highest BCUT2D eigenvalue weighted by molar-refractivity contribution is 5.42. The first-order valence-corrected chi connectivity index (χ1v) is 9.99. The summed E-state index contributed by atoms with van der Waals surface area (Å²) in [6, 6.07) is 9.44. The van der Waals surface area contributed by atoms with E-state index in [1.54, 1.807) is 11.1 Å². The number of aryl methyl sites for hydroxylation is 1. The summed E-state index contributed by atoms with van der Waals surface area (Å²) in [6.07, 6.45) is 6.78. The van der Waals surface area contributed by atoms with Gasteiger partial charge in [0.1, 0.15) is 0 Å². The molecule has 1 aromatic carbocycles. The van der Waals surface area contributed by atoms with Crippen LogP contribution >= 0.6 is 0 Å². The summed E-state index contributed by atoms with van der Waals surface area (Å²) in [5.41, 5.74) is 5.15. The standard InChI is InChI=1S/C23H33NO/c1-17(2)18-7-9-20-19(15-18)8-10-21-22(3,16-25-14-6-13-24)11-5-12-23(20,21)4/h7,9,15,17,21H,5-6,8,10-12,14,16H2,1-4H3/t21-,22+,23-/m1/s1. The van der Waals surface area contributed by atoms with Crippen molar-refractivity contribution in [2.75, 3.05) is 13.2 Å². The Morgan fingerprint density at radius 3 is 2.80 bits per heavy atom. The van der Waals surface area contributed by atoms with Crippen molar-refractivity contribution < 1.29 is 4.74 Å². The molecule has 3 rings (SSSR count). The second-order valence-electron chi connectivity index (χ2n) is 9.05. The first-order chi connectivity index (χ1) is 11.9. The third-order valence-corrected chi connectivity index (χ3v) is 6.96. The zero-order valence-corrected chi connectivity index (χ0v) is 16.4. The lowest BCUT2D eigenvalue weighted by molar-refractivity contribution is -0.0451. The second kappa shape index (κ2) is 7.12. The molecular formula is C23H33NO. The summed E-state index contributed by atoms with van der Waals surface area (Å²) in [4.78, 5) is 0. The summed E-state index contributed by atoms with van der Waals surface area (Å²) in [5, 5.41) is 8.74. The maximum Gasteiger partial charge on any atom is 0.0645 e. The lowest BCUT2D eigenvalue weighted by Crippen LogP contribution is -2.51. The molecule has 25 heavy (non-hydrogen) atoms. The number of benzene rings is 1. The number of rotatable bonds is 5. The van der Waals surface area contributed by atoms with Crippen molar-refractivity contribution in [3.05, 3.63) is 34.9 Å². The highest BCUT2D eigenvalue weighted by atomic mass is 16.5. The van der Waals surface area contributed by atoms with Crippen molar-refractivity contribution in [3.63, 3.8) is 0 Å². The number of nitriles is 1.